The molecule has 124 valence electrons. The van der Waals surface area contributed by atoms with Crippen LogP contribution in [0.4, 0.5) is 0 Å². The maximum Gasteiger partial charge on any atom is 0.329 e. The zero-order valence-corrected chi connectivity index (χ0v) is 14.2. The lowest BCUT2D eigenvalue weighted by molar-refractivity contribution is -0.142. The minimum absolute atomic E-state index is 0.0832. The van der Waals surface area contributed by atoms with E-state index in [-0.39, 0.29) is 18.2 Å². The molecular weight excluding hydrogens is 368 g/mol. The van der Waals surface area contributed by atoms with E-state index < -0.39 is 23.6 Å². The van der Waals surface area contributed by atoms with Crippen molar-refractivity contribution in [2.45, 2.75) is 26.5 Å². The molecule has 1 atom stereocenters. The van der Waals surface area contributed by atoms with E-state index >= 15 is 0 Å². The van der Waals surface area contributed by atoms with Crippen molar-refractivity contribution in [3.8, 4) is 11.6 Å². The van der Waals surface area contributed by atoms with Gasteiger partial charge in [0, 0.05) is 4.47 Å². The molecule has 0 radical (unpaired) electrons. The van der Waals surface area contributed by atoms with Crippen molar-refractivity contribution in [3.63, 3.8) is 0 Å². The summed E-state index contributed by atoms with van der Waals surface area (Å²) in [5.41, 5.74) is -0.553. The number of halogens is 1. The minimum atomic E-state index is -1.18. The summed E-state index contributed by atoms with van der Waals surface area (Å²) in [5, 5.41) is 19.4. The maximum absolute atomic E-state index is 12.0. The van der Waals surface area contributed by atoms with Crippen molar-refractivity contribution in [2.75, 3.05) is 0 Å². The van der Waals surface area contributed by atoms with Gasteiger partial charge in [0.2, 0.25) is 5.88 Å². The number of aromatic nitrogens is 2. The molecule has 1 heterocycles. The number of H-pyrrole nitrogens is 1. The molecule has 3 N–H and O–H groups in total. The highest BCUT2D eigenvalue weighted by Crippen LogP contribution is 2.25. The van der Waals surface area contributed by atoms with Gasteiger partial charge in [-0.3, -0.25) is 0 Å². The number of hydrogen-bond acceptors (Lipinski definition) is 4. The predicted octanol–water partition coefficient (Wildman–Crippen LogP) is 2.51. The molecule has 0 saturated heterocycles. The second-order valence-corrected chi connectivity index (χ2v) is 6.29. The lowest BCUT2D eigenvalue weighted by Crippen LogP contribution is -2.31. The quantitative estimate of drug-likeness (QED) is 0.709. The number of carbonyl (C=O) groups is 1. The Hall–Kier alpha value is -2.22. The van der Waals surface area contributed by atoms with E-state index in [4.69, 9.17) is 4.74 Å². The number of benzene rings is 1. The molecule has 2 rings (SSSR count). The Morgan fingerprint density at radius 2 is 1.96 bits per heavy atom. The zero-order valence-electron chi connectivity index (χ0n) is 12.6. The summed E-state index contributed by atoms with van der Waals surface area (Å²) in [7, 11) is 0. The summed E-state index contributed by atoms with van der Waals surface area (Å²) in [4.78, 5) is 25.8. The summed E-state index contributed by atoms with van der Waals surface area (Å²) in [5.74, 6) is -1.42. The van der Waals surface area contributed by atoms with Gasteiger partial charge in [-0.15, -0.1) is 0 Å². The lowest BCUT2D eigenvalue weighted by Gasteiger charge is -2.17. The van der Waals surface area contributed by atoms with E-state index in [0.717, 1.165) is 9.04 Å². The molecule has 7 nitrogen and oxygen atoms in total. The van der Waals surface area contributed by atoms with Crippen molar-refractivity contribution in [3.05, 3.63) is 44.9 Å². The smallest absolute Gasteiger partial charge is 0.329 e. The number of rotatable bonds is 6. The molecule has 0 aliphatic heterocycles. The number of ether oxygens (including phenoxy) is 1. The van der Waals surface area contributed by atoms with Gasteiger partial charge in [-0.1, -0.05) is 29.8 Å². The van der Waals surface area contributed by atoms with Crippen LogP contribution in [0.3, 0.4) is 0 Å². The molecule has 0 amide bonds. The molecule has 0 aliphatic rings. The van der Waals surface area contributed by atoms with Crippen LogP contribution in [0.25, 0.3) is 0 Å². The number of hydrogen-bond donors (Lipinski definition) is 3. The third-order valence-corrected chi connectivity index (χ3v) is 3.86. The number of imidazole rings is 1. The molecule has 0 saturated carbocycles. The molecule has 1 unspecified atom stereocenters. The van der Waals surface area contributed by atoms with Crippen molar-refractivity contribution >= 4 is 21.9 Å². The standard InChI is InChI=1S/C15H17BrN2O5/c1-8(2)12(14(20)21)18-13(19)11(17-15(18)22)7-23-10-5-3-9(16)4-6-10/h3-6,8,12,19H,7H2,1-2H3,(H,17,22)(H,20,21). The van der Waals surface area contributed by atoms with Crippen LogP contribution in [0.2, 0.25) is 0 Å². The maximum atomic E-state index is 12.0. The average molecular weight is 385 g/mol. The molecule has 23 heavy (non-hydrogen) atoms. The van der Waals surface area contributed by atoms with Crippen molar-refractivity contribution < 1.29 is 19.7 Å². The predicted molar refractivity (Wildman–Crippen MR) is 86.7 cm³/mol. The van der Waals surface area contributed by atoms with Gasteiger partial charge >= 0.3 is 11.7 Å². The van der Waals surface area contributed by atoms with Gasteiger partial charge in [0.05, 0.1) is 0 Å². The Kier molecular flexibility index (Phi) is 5.15. The highest BCUT2D eigenvalue weighted by molar-refractivity contribution is 9.10. The number of nitrogens with one attached hydrogen (secondary N) is 1. The molecule has 0 fully saturated rings. The second kappa shape index (κ2) is 6.91. The Morgan fingerprint density at radius 1 is 1.35 bits per heavy atom. The fraction of sp³-hybridized carbons (Fsp3) is 0.333. The number of aromatic amines is 1. The first-order valence-electron chi connectivity index (χ1n) is 6.94. The number of aromatic hydroxyl groups is 1. The highest BCUT2D eigenvalue weighted by Gasteiger charge is 2.29. The van der Waals surface area contributed by atoms with Crippen molar-refractivity contribution in [1.29, 1.82) is 0 Å². The summed E-state index contributed by atoms with van der Waals surface area (Å²) < 4.78 is 7.22. The van der Waals surface area contributed by atoms with Crippen molar-refractivity contribution in [2.24, 2.45) is 5.92 Å². The van der Waals surface area contributed by atoms with Gasteiger partial charge in [0.1, 0.15) is 24.1 Å². The normalized spacial score (nSPS) is 12.3. The summed E-state index contributed by atoms with van der Waals surface area (Å²) in [6.07, 6.45) is 0. The summed E-state index contributed by atoms with van der Waals surface area (Å²) in [6.45, 7) is 3.24. The lowest BCUT2D eigenvalue weighted by atomic mass is 10.0. The van der Waals surface area contributed by atoms with Crippen LogP contribution in [-0.4, -0.2) is 25.7 Å². The fourth-order valence-corrected chi connectivity index (χ4v) is 2.49. The summed E-state index contributed by atoms with van der Waals surface area (Å²) >= 11 is 3.31. The van der Waals surface area contributed by atoms with Gasteiger partial charge in [-0.25, -0.2) is 14.2 Å². The van der Waals surface area contributed by atoms with Crippen LogP contribution in [-0.2, 0) is 11.4 Å². The molecule has 0 spiro atoms. The molecule has 8 heteroatoms. The molecule has 1 aromatic heterocycles. The Morgan fingerprint density at radius 3 is 2.48 bits per heavy atom. The Labute approximate surface area is 140 Å². The average Bonchev–Trinajstić information content (AvgIpc) is 2.74. The second-order valence-electron chi connectivity index (χ2n) is 5.37. The molecule has 0 aliphatic carbocycles. The van der Waals surface area contributed by atoms with Crippen LogP contribution >= 0.6 is 15.9 Å². The number of aliphatic carboxylic acids is 1. The van der Waals surface area contributed by atoms with E-state index in [1.165, 1.54) is 0 Å². The monoisotopic (exact) mass is 384 g/mol. The van der Waals surface area contributed by atoms with E-state index in [9.17, 15) is 19.8 Å². The van der Waals surface area contributed by atoms with Crippen LogP contribution < -0.4 is 10.4 Å². The first-order chi connectivity index (χ1) is 10.8. The van der Waals surface area contributed by atoms with Gasteiger partial charge in [-0.2, -0.15) is 0 Å². The van der Waals surface area contributed by atoms with E-state index in [2.05, 4.69) is 20.9 Å². The zero-order chi connectivity index (χ0) is 17.1. The van der Waals surface area contributed by atoms with Gasteiger partial charge < -0.3 is 19.9 Å². The first kappa shape index (κ1) is 17.1. The first-order valence-corrected chi connectivity index (χ1v) is 7.74. The fourth-order valence-electron chi connectivity index (χ4n) is 2.23. The molecule has 0 bridgehead atoms. The number of carboxylic acids is 1. The van der Waals surface area contributed by atoms with Crippen molar-refractivity contribution in [1.82, 2.24) is 9.55 Å². The number of carboxylic acid groups (broad SMARTS) is 1. The van der Waals surface area contributed by atoms with Gasteiger partial charge in [-0.05, 0) is 30.2 Å². The Balaban J connectivity index is 2.25. The van der Waals surface area contributed by atoms with Crippen LogP contribution in [0.15, 0.2) is 33.5 Å². The van der Waals surface area contributed by atoms with Crippen LogP contribution in [0.1, 0.15) is 25.6 Å². The van der Waals surface area contributed by atoms with Crippen LogP contribution in [0.5, 0.6) is 11.6 Å². The van der Waals surface area contributed by atoms with E-state index in [1.807, 2.05) is 0 Å². The third kappa shape index (κ3) is 3.76. The minimum Gasteiger partial charge on any atom is -0.493 e. The molecular formula is C15H17BrN2O5. The molecule has 2 aromatic rings. The van der Waals surface area contributed by atoms with Gasteiger partial charge in [0.25, 0.3) is 0 Å². The largest absolute Gasteiger partial charge is 0.493 e. The van der Waals surface area contributed by atoms with E-state index in [1.54, 1.807) is 38.1 Å². The third-order valence-electron chi connectivity index (χ3n) is 3.33. The van der Waals surface area contributed by atoms with E-state index in [0.29, 0.717) is 5.75 Å². The van der Waals surface area contributed by atoms with Crippen LogP contribution in [0, 0.1) is 5.92 Å². The highest BCUT2D eigenvalue weighted by atomic mass is 79.9. The Bertz CT molecular complexity index is 748. The molecule has 1 aromatic carbocycles. The van der Waals surface area contributed by atoms with Gasteiger partial charge in [0.15, 0.2) is 0 Å². The summed E-state index contributed by atoms with van der Waals surface area (Å²) in [6, 6.07) is 5.89. The SMILES string of the molecule is CC(C)C(C(=O)O)n1c(O)c(COc2ccc(Br)cc2)[nH]c1=O. The number of nitrogens with zero attached hydrogens (tertiary/aromatic N) is 1. The topological polar surface area (TPSA) is 105 Å².